The van der Waals surface area contributed by atoms with Crippen LogP contribution in [0.25, 0.3) is 0 Å². The molecule has 1 aromatic rings. The van der Waals surface area contributed by atoms with Crippen molar-refractivity contribution < 1.29 is 5.11 Å². The third-order valence-electron chi connectivity index (χ3n) is 1.77. The van der Waals surface area contributed by atoms with Crippen LogP contribution < -0.4 is 0 Å². The Balaban J connectivity index is 2.58. The Morgan fingerprint density at radius 3 is 2.42 bits per heavy atom. The second-order valence-corrected chi connectivity index (χ2v) is 3.31. The molecule has 0 saturated heterocycles. The Hall–Kier alpha value is -0.530. The largest absolute Gasteiger partial charge is 0.392 e. The highest BCUT2D eigenvalue weighted by Gasteiger charge is 2.02. The van der Waals surface area contributed by atoms with Gasteiger partial charge < -0.3 is 5.11 Å². The maximum Gasteiger partial charge on any atom is 0.0715 e. The predicted octanol–water partition coefficient (Wildman–Crippen LogP) is 2.14. The normalized spacial score (nSPS) is 12.9. The average molecular weight is 185 g/mol. The molecule has 1 aromatic carbocycles. The molecule has 12 heavy (non-hydrogen) atoms. The van der Waals surface area contributed by atoms with Gasteiger partial charge in [-0.15, -0.1) is 11.6 Å². The monoisotopic (exact) mass is 184 g/mol. The summed E-state index contributed by atoms with van der Waals surface area (Å²) in [4.78, 5) is 0. The third-order valence-corrected chi connectivity index (χ3v) is 2.13. The molecule has 0 spiro atoms. The van der Waals surface area contributed by atoms with Crippen molar-refractivity contribution in [1.82, 2.24) is 0 Å². The summed E-state index contributed by atoms with van der Waals surface area (Å²) in [6, 6.07) is 8.11. The molecule has 0 aromatic heterocycles. The van der Waals surface area contributed by atoms with Gasteiger partial charge in [0.05, 0.1) is 6.10 Å². The van der Waals surface area contributed by atoms with Crippen LogP contribution in [0, 0.1) is 6.92 Å². The van der Waals surface area contributed by atoms with Gasteiger partial charge in [-0.3, -0.25) is 0 Å². The van der Waals surface area contributed by atoms with Gasteiger partial charge in [0.1, 0.15) is 0 Å². The quantitative estimate of drug-likeness (QED) is 0.714. The lowest BCUT2D eigenvalue weighted by molar-refractivity contribution is 0.199. The SMILES string of the molecule is Cc1ccc(CC(O)CCl)cc1. The molecule has 1 unspecified atom stereocenters. The standard InChI is InChI=1S/C10H13ClO/c1-8-2-4-9(5-3-8)6-10(12)7-11/h2-5,10,12H,6-7H2,1H3. The fourth-order valence-electron chi connectivity index (χ4n) is 1.05. The van der Waals surface area contributed by atoms with E-state index in [2.05, 4.69) is 0 Å². The molecular formula is C10H13ClO. The number of halogens is 1. The molecule has 66 valence electrons. The summed E-state index contributed by atoms with van der Waals surface area (Å²) in [5, 5.41) is 9.25. The minimum Gasteiger partial charge on any atom is -0.392 e. The molecule has 0 aliphatic rings. The van der Waals surface area contributed by atoms with Gasteiger partial charge in [-0.1, -0.05) is 29.8 Å². The zero-order chi connectivity index (χ0) is 8.97. The maximum absolute atomic E-state index is 9.25. The van der Waals surface area contributed by atoms with Crippen LogP contribution >= 0.6 is 11.6 Å². The van der Waals surface area contributed by atoms with E-state index in [1.165, 1.54) is 5.56 Å². The van der Waals surface area contributed by atoms with E-state index in [1.54, 1.807) is 0 Å². The summed E-state index contributed by atoms with van der Waals surface area (Å²) in [5.74, 6) is 0.299. The second kappa shape index (κ2) is 4.48. The van der Waals surface area contributed by atoms with E-state index >= 15 is 0 Å². The third kappa shape index (κ3) is 2.84. The predicted molar refractivity (Wildman–Crippen MR) is 51.6 cm³/mol. The molecule has 1 rings (SSSR count). The van der Waals surface area contributed by atoms with E-state index in [4.69, 9.17) is 11.6 Å². The van der Waals surface area contributed by atoms with Gasteiger partial charge in [-0.2, -0.15) is 0 Å². The average Bonchev–Trinajstić information content (AvgIpc) is 2.09. The summed E-state index contributed by atoms with van der Waals surface area (Å²) in [5.41, 5.74) is 2.37. The van der Waals surface area contributed by atoms with Crippen LogP contribution in [0.3, 0.4) is 0 Å². The number of hydrogen-bond donors (Lipinski definition) is 1. The first-order valence-electron chi connectivity index (χ1n) is 4.02. The zero-order valence-electron chi connectivity index (χ0n) is 7.13. The van der Waals surface area contributed by atoms with Gasteiger partial charge in [0, 0.05) is 5.88 Å². The first-order valence-corrected chi connectivity index (χ1v) is 4.55. The Bertz CT molecular complexity index is 230. The highest BCUT2D eigenvalue weighted by Crippen LogP contribution is 2.06. The van der Waals surface area contributed by atoms with Crippen LogP contribution in [-0.2, 0) is 6.42 Å². The topological polar surface area (TPSA) is 20.2 Å². The van der Waals surface area contributed by atoms with Crippen molar-refractivity contribution in [3.05, 3.63) is 35.4 Å². The molecule has 1 nitrogen and oxygen atoms in total. The van der Waals surface area contributed by atoms with E-state index in [-0.39, 0.29) is 0 Å². The van der Waals surface area contributed by atoms with Gasteiger partial charge in [-0.05, 0) is 18.9 Å². The molecular weight excluding hydrogens is 172 g/mol. The van der Waals surface area contributed by atoms with Crippen LogP contribution in [-0.4, -0.2) is 17.1 Å². The molecule has 0 fully saturated rings. The van der Waals surface area contributed by atoms with Crippen LogP contribution in [0.4, 0.5) is 0 Å². The first kappa shape index (κ1) is 9.56. The molecule has 2 heteroatoms. The summed E-state index contributed by atoms with van der Waals surface area (Å²) in [6.45, 7) is 2.04. The van der Waals surface area contributed by atoms with Crippen molar-refractivity contribution in [2.45, 2.75) is 19.4 Å². The van der Waals surface area contributed by atoms with E-state index < -0.39 is 6.10 Å². The van der Waals surface area contributed by atoms with E-state index in [9.17, 15) is 5.11 Å². The Labute approximate surface area is 78.0 Å². The lowest BCUT2D eigenvalue weighted by Crippen LogP contribution is -2.11. The second-order valence-electron chi connectivity index (χ2n) is 3.00. The lowest BCUT2D eigenvalue weighted by atomic mass is 10.1. The molecule has 0 saturated carbocycles. The summed E-state index contributed by atoms with van der Waals surface area (Å²) >= 11 is 5.48. The molecule has 0 heterocycles. The fourth-order valence-corrected chi connectivity index (χ4v) is 1.16. The van der Waals surface area contributed by atoms with E-state index in [0.717, 1.165) is 5.56 Å². The van der Waals surface area contributed by atoms with E-state index in [1.807, 2.05) is 31.2 Å². The number of aryl methyl sites for hydroxylation is 1. The fraction of sp³-hybridized carbons (Fsp3) is 0.400. The van der Waals surface area contributed by atoms with Crippen molar-refractivity contribution in [3.63, 3.8) is 0 Å². The van der Waals surface area contributed by atoms with Crippen molar-refractivity contribution in [2.24, 2.45) is 0 Å². The highest BCUT2D eigenvalue weighted by molar-refractivity contribution is 6.18. The van der Waals surface area contributed by atoms with Crippen molar-refractivity contribution in [3.8, 4) is 0 Å². The maximum atomic E-state index is 9.25. The van der Waals surface area contributed by atoms with Crippen LogP contribution in [0.5, 0.6) is 0 Å². The molecule has 1 N–H and O–H groups in total. The number of aliphatic hydroxyl groups excluding tert-OH is 1. The molecule has 0 aliphatic carbocycles. The van der Waals surface area contributed by atoms with Gasteiger partial charge in [0.25, 0.3) is 0 Å². The highest BCUT2D eigenvalue weighted by atomic mass is 35.5. The number of hydrogen-bond acceptors (Lipinski definition) is 1. The minimum atomic E-state index is -0.422. The number of benzene rings is 1. The van der Waals surface area contributed by atoms with Crippen LogP contribution in [0.1, 0.15) is 11.1 Å². The summed E-state index contributed by atoms with van der Waals surface area (Å²) in [6.07, 6.45) is 0.221. The Morgan fingerprint density at radius 2 is 1.92 bits per heavy atom. The molecule has 0 aliphatic heterocycles. The zero-order valence-corrected chi connectivity index (χ0v) is 7.88. The summed E-state index contributed by atoms with van der Waals surface area (Å²) in [7, 11) is 0. The Kier molecular flexibility index (Phi) is 3.57. The first-order chi connectivity index (χ1) is 5.72. The molecule has 0 radical (unpaired) electrons. The Morgan fingerprint density at radius 1 is 1.33 bits per heavy atom. The molecule has 0 amide bonds. The van der Waals surface area contributed by atoms with Crippen molar-refractivity contribution >= 4 is 11.6 Å². The van der Waals surface area contributed by atoms with Crippen molar-refractivity contribution in [1.29, 1.82) is 0 Å². The smallest absolute Gasteiger partial charge is 0.0715 e. The number of rotatable bonds is 3. The summed E-state index contributed by atoms with van der Waals surface area (Å²) < 4.78 is 0. The molecule has 0 bridgehead atoms. The molecule has 1 atom stereocenters. The van der Waals surface area contributed by atoms with Gasteiger partial charge in [-0.25, -0.2) is 0 Å². The number of aliphatic hydroxyl groups is 1. The van der Waals surface area contributed by atoms with Crippen LogP contribution in [0.2, 0.25) is 0 Å². The van der Waals surface area contributed by atoms with E-state index in [0.29, 0.717) is 12.3 Å². The van der Waals surface area contributed by atoms with Gasteiger partial charge in [0.2, 0.25) is 0 Å². The van der Waals surface area contributed by atoms with Gasteiger partial charge >= 0.3 is 0 Å². The van der Waals surface area contributed by atoms with Crippen LogP contribution in [0.15, 0.2) is 24.3 Å². The van der Waals surface area contributed by atoms with Gasteiger partial charge in [0.15, 0.2) is 0 Å². The minimum absolute atomic E-state index is 0.299. The lowest BCUT2D eigenvalue weighted by Gasteiger charge is -2.06. The number of alkyl halides is 1. The van der Waals surface area contributed by atoms with Crippen molar-refractivity contribution in [2.75, 3.05) is 5.88 Å².